The molecule has 1 aromatic heterocycles. The van der Waals surface area contributed by atoms with Gasteiger partial charge >= 0.3 is 5.97 Å². The molecule has 5 rings (SSSR count). The summed E-state index contributed by atoms with van der Waals surface area (Å²) in [4.78, 5) is 43.2. The predicted molar refractivity (Wildman–Crippen MR) is 159 cm³/mol. The molecule has 41 heavy (non-hydrogen) atoms. The molecule has 4 aromatic rings. The van der Waals surface area contributed by atoms with Crippen LogP contribution in [-0.4, -0.2) is 62.3 Å². The Morgan fingerprint density at radius 3 is 2.39 bits per heavy atom. The maximum Gasteiger partial charge on any atom is 0.337 e. The molecule has 2 atom stereocenters. The van der Waals surface area contributed by atoms with Crippen LogP contribution in [0.3, 0.4) is 0 Å². The van der Waals surface area contributed by atoms with E-state index < -0.39 is 12.0 Å². The number of methoxy groups -OCH3 is 1. The Hall–Kier alpha value is -4.25. The van der Waals surface area contributed by atoms with Crippen molar-refractivity contribution in [2.45, 2.75) is 25.6 Å². The Morgan fingerprint density at radius 2 is 1.68 bits per heavy atom. The molecule has 0 saturated heterocycles. The Balaban J connectivity index is 0.00000387. The quantitative estimate of drug-likeness (QED) is 0.304. The van der Waals surface area contributed by atoms with Crippen molar-refractivity contribution >= 4 is 52.5 Å². The lowest BCUT2D eigenvalue weighted by atomic mass is 10.1. The molecule has 0 aliphatic carbocycles. The molecule has 2 N–H and O–H groups in total. The number of nitrogens with zero attached hydrogens (tertiary/aromatic N) is 3. The minimum Gasteiger partial charge on any atom is -0.465 e. The fourth-order valence-electron chi connectivity index (χ4n) is 4.74. The van der Waals surface area contributed by atoms with E-state index in [4.69, 9.17) is 9.26 Å². The summed E-state index contributed by atoms with van der Waals surface area (Å²) in [7, 11) is 3.16. The van der Waals surface area contributed by atoms with Crippen molar-refractivity contribution in [2.75, 3.05) is 37.0 Å². The Labute approximate surface area is 244 Å². The van der Waals surface area contributed by atoms with E-state index in [1.54, 1.807) is 34.1 Å². The van der Waals surface area contributed by atoms with Gasteiger partial charge in [0, 0.05) is 23.5 Å². The minimum atomic E-state index is -0.695. The van der Waals surface area contributed by atoms with Crippen LogP contribution in [0.2, 0.25) is 0 Å². The van der Waals surface area contributed by atoms with Crippen LogP contribution in [0.15, 0.2) is 77.3 Å². The Kier molecular flexibility index (Phi) is 9.38. The summed E-state index contributed by atoms with van der Waals surface area (Å²) >= 11 is 0. The number of hydrogen-bond acceptors (Lipinski definition) is 8. The van der Waals surface area contributed by atoms with Crippen molar-refractivity contribution in [3.05, 3.63) is 89.6 Å². The first kappa shape index (κ1) is 29.7. The second-order valence-electron chi connectivity index (χ2n) is 9.67. The SMILES string of the molecule is CN[C@@H](C)CN[C@H]1CN(C(=O)c2ccc(C(=O)OC)cc2)c2ccccc2N(Cc2noc3ccccc23)C1=O.Cl. The number of anilines is 2. The van der Waals surface area contributed by atoms with Gasteiger partial charge in [-0.2, -0.15) is 0 Å². The number of halogens is 1. The van der Waals surface area contributed by atoms with E-state index in [1.165, 1.54) is 7.11 Å². The third-order valence-electron chi connectivity index (χ3n) is 7.11. The van der Waals surface area contributed by atoms with Gasteiger partial charge in [0.15, 0.2) is 5.58 Å². The second kappa shape index (κ2) is 12.9. The molecule has 0 spiro atoms. The first-order valence-electron chi connectivity index (χ1n) is 13.1. The van der Waals surface area contributed by atoms with E-state index in [0.29, 0.717) is 40.3 Å². The first-order chi connectivity index (χ1) is 19.4. The lowest BCUT2D eigenvalue weighted by Crippen LogP contribution is -2.53. The van der Waals surface area contributed by atoms with Crippen LogP contribution in [-0.2, 0) is 16.1 Å². The number of carbonyl (C=O) groups excluding carboxylic acids is 3. The van der Waals surface area contributed by atoms with E-state index >= 15 is 0 Å². The average molecular weight is 578 g/mol. The van der Waals surface area contributed by atoms with Gasteiger partial charge in [-0.3, -0.25) is 9.59 Å². The molecule has 2 heterocycles. The molecular formula is C30H32ClN5O5. The number of nitrogens with one attached hydrogen (secondary N) is 2. The molecule has 0 radical (unpaired) electrons. The number of carbonyl (C=O) groups is 3. The summed E-state index contributed by atoms with van der Waals surface area (Å²) < 4.78 is 10.3. The summed E-state index contributed by atoms with van der Waals surface area (Å²) in [5.74, 6) is -0.957. The van der Waals surface area contributed by atoms with Gasteiger partial charge in [-0.1, -0.05) is 29.4 Å². The average Bonchev–Trinajstić information content (AvgIpc) is 3.36. The van der Waals surface area contributed by atoms with Gasteiger partial charge in [0.2, 0.25) is 5.91 Å². The van der Waals surface area contributed by atoms with E-state index in [-0.39, 0.29) is 43.4 Å². The standard InChI is InChI=1S/C30H31N5O5.ClH/c1-19(31-2)16-32-24-18-34(28(36)20-12-14-21(15-13-20)30(38)39-3)25-9-5-6-10-26(25)35(29(24)37)17-23-22-8-4-7-11-27(22)40-33-23;/h4-15,19,24,31-32H,16-18H2,1-3H3;1H/t19-,24-;/m0./s1. The number of hydrogen-bond donors (Lipinski definition) is 2. The lowest BCUT2D eigenvalue weighted by molar-refractivity contribution is -0.120. The zero-order valence-corrected chi connectivity index (χ0v) is 23.8. The van der Waals surface area contributed by atoms with Gasteiger partial charge < -0.3 is 29.7 Å². The number of fused-ring (bicyclic) bond motifs is 2. The van der Waals surface area contributed by atoms with E-state index in [1.807, 2.05) is 62.5 Å². The molecule has 0 unspecified atom stereocenters. The molecule has 2 amide bonds. The van der Waals surface area contributed by atoms with Crippen LogP contribution in [0.5, 0.6) is 0 Å². The molecule has 214 valence electrons. The fourth-order valence-corrected chi connectivity index (χ4v) is 4.74. The minimum absolute atomic E-state index is 0. The number of para-hydroxylation sites is 3. The zero-order valence-electron chi connectivity index (χ0n) is 23.0. The van der Waals surface area contributed by atoms with Gasteiger partial charge in [0.25, 0.3) is 5.91 Å². The topological polar surface area (TPSA) is 117 Å². The third-order valence-corrected chi connectivity index (χ3v) is 7.11. The summed E-state index contributed by atoms with van der Waals surface area (Å²) in [6.07, 6.45) is 0. The van der Waals surface area contributed by atoms with E-state index in [9.17, 15) is 14.4 Å². The first-order valence-corrected chi connectivity index (χ1v) is 13.1. The van der Waals surface area contributed by atoms with Crippen molar-refractivity contribution in [1.29, 1.82) is 0 Å². The number of amides is 2. The number of rotatable bonds is 8. The normalized spacial score (nSPS) is 15.6. The highest BCUT2D eigenvalue weighted by Crippen LogP contribution is 2.35. The van der Waals surface area contributed by atoms with Crippen molar-refractivity contribution in [2.24, 2.45) is 0 Å². The van der Waals surface area contributed by atoms with Crippen LogP contribution in [0.25, 0.3) is 11.0 Å². The van der Waals surface area contributed by atoms with Gasteiger partial charge in [0.05, 0.1) is 37.1 Å². The third kappa shape index (κ3) is 6.09. The molecule has 1 aliphatic heterocycles. The highest BCUT2D eigenvalue weighted by atomic mass is 35.5. The van der Waals surface area contributed by atoms with E-state index in [0.717, 1.165) is 5.39 Å². The highest BCUT2D eigenvalue weighted by Gasteiger charge is 2.37. The monoisotopic (exact) mass is 577 g/mol. The molecule has 11 heteroatoms. The van der Waals surface area contributed by atoms with E-state index in [2.05, 4.69) is 15.8 Å². The summed E-state index contributed by atoms with van der Waals surface area (Å²) in [5, 5.41) is 11.6. The zero-order chi connectivity index (χ0) is 28.2. The van der Waals surface area contributed by atoms with Gasteiger partial charge in [-0.05, 0) is 62.5 Å². The number of benzene rings is 3. The molecule has 3 aromatic carbocycles. The molecule has 0 fully saturated rings. The summed E-state index contributed by atoms with van der Waals surface area (Å²) in [6, 6.07) is 20.5. The van der Waals surface area contributed by atoms with Crippen LogP contribution in [0, 0.1) is 0 Å². The van der Waals surface area contributed by atoms with Crippen molar-refractivity contribution < 1.29 is 23.6 Å². The smallest absolute Gasteiger partial charge is 0.337 e. The molecule has 0 saturated carbocycles. The van der Waals surface area contributed by atoms with Gasteiger partial charge in [-0.25, -0.2) is 4.79 Å². The lowest BCUT2D eigenvalue weighted by Gasteiger charge is -2.26. The van der Waals surface area contributed by atoms with Crippen LogP contribution in [0.1, 0.15) is 33.3 Å². The molecule has 1 aliphatic rings. The predicted octanol–water partition coefficient (Wildman–Crippen LogP) is 3.80. The Bertz CT molecular complexity index is 1540. The molecule has 10 nitrogen and oxygen atoms in total. The molecular weight excluding hydrogens is 546 g/mol. The number of aromatic nitrogens is 1. The van der Waals surface area contributed by atoms with Crippen LogP contribution >= 0.6 is 12.4 Å². The van der Waals surface area contributed by atoms with Crippen molar-refractivity contribution in [3.63, 3.8) is 0 Å². The van der Waals surface area contributed by atoms with Gasteiger partial charge in [-0.15, -0.1) is 12.4 Å². The number of ether oxygens (including phenoxy) is 1. The summed E-state index contributed by atoms with van der Waals surface area (Å²) in [5.41, 5.74) is 3.17. The van der Waals surface area contributed by atoms with Crippen LogP contribution in [0.4, 0.5) is 11.4 Å². The molecule has 0 bridgehead atoms. The summed E-state index contributed by atoms with van der Waals surface area (Å²) in [6.45, 7) is 2.80. The fraction of sp³-hybridized carbons (Fsp3) is 0.267. The second-order valence-corrected chi connectivity index (χ2v) is 9.67. The maximum atomic E-state index is 14.1. The number of likely N-dealkylation sites (N-methyl/N-ethyl adjacent to an activating group) is 1. The largest absolute Gasteiger partial charge is 0.465 e. The van der Waals surface area contributed by atoms with Crippen molar-refractivity contribution in [1.82, 2.24) is 15.8 Å². The highest BCUT2D eigenvalue weighted by molar-refractivity contribution is 6.12. The maximum absolute atomic E-state index is 14.1. The van der Waals surface area contributed by atoms with Gasteiger partial charge in [0.1, 0.15) is 11.7 Å². The Morgan fingerprint density at radius 1 is 1.02 bits per heavy atom. The number of esters is 1. The van der Waals surface area contributed by atoms with Crippen LogP contribution < -0.4 is 20.4 Å². The van der Waals surface area contributed by atoms with Crippen molar-refractivity contribution in [3.8, 4) is 0 Å².